The normalized spacial score (nSPS) is 19.4. The van der Waals surface area contributed by atoms with Crippen LogP contribution in [0, 0.1) is 0 Å². The molecule has 0 unspecified atom stereocenters. The quantitative estimate of drug-likeness (QED) is 0.711. The SMILES string of the molecule is CCOC(=O)C1=C(N)N(c2ccc(Cl)cc2)C2=C(C(=O)CCC2)[C@H]1c1cccs1. The number of halogens is 1. The average molecular weight is 429 g/mol. The third kappa shape index (κ3) is 3.47. The number of hydrogen-bond acceptors (Lipinski definition) is 6. The van der Waals surface area contributed by atoms with Crippen LogP contribution in [0.2, 0.25) is 5.02 Å². The van der Waals surface area contributed by atoms with Crippen LogP contribution < -0.4 is 10.6 Å². The molecule has 1 aromatic carbocycles. The topological polar surface area (TPSA) is 72.6 Å². The highest BCUT2D eigenvalue weighted by molar-refractivity contribution is 7.10. The predicted octanol–water partition coefficient (Wildman–Crippen LogP) is 4.75. The molecular weight excluding hydrogens is 408 g/mol. The van der Waals surface area contributed by atoms with E-state index in [1.807, 2.05) is 34.5 Å². The van der Waals surface area contributed by atoms with Crippen LogP contribution in [0.3, 0.4) is 0 Å². The molecule has 1 aliphatic heterocycles. The van der Waals surface area contributed by atoms with Crippen LogP contribution in [0.4, 0.5) is 5.69 Å². The van der Waals surface area contributed by atoms with Crippen LogP contribution in [0.25, 0.3) is 0 Å². The number of nitrogens with two attached hydrogens (primary N) is 1. The van der Waals surface area contributed by atoms with E-state index in [1.54, 1.807) is 19.1 Å². The summed E-state index contributed by atoms with van der Waals surface area (Å²) < 4.78 is 5.34. The molecular formula is C22H21ClN2O3S. The van der Waals surface area contributed by atoms with E-state index >= 15 is 0 Å². The molecule has 2 aliphatic rings. The molecule has 1 atom stereocenters. The summed E-state index contributed by atoms with van der Waals surface area (Å²) in [4.78, 5) is 28.8. The van der Waals surface area contributed by atoms with Crippen molar-refractivity contribution in [2.45, 2.75) is 32.1 Å². The van der Waals surface area contributed by atoms with E-state index in [0.717, 1.165) is 22.7 Å². The molecule has 0 saturated carbocycles. The molecule has 29 heavy (non-hydrogen) atoms. The molecule has 1 aliphatic carbocycles. The highest BCUT2D eigenvalue weighted by Crippen LogP contribution is 2.47. The number of carbonyl (C=O) groups excluding carboxylic acids is 2. The molecule has 0 spiro atoms. The van der Waals surface area contributed by atoms with Gasteiger partial charge in [0.2, 0.25) is 0 Å². The number of Topliss-reactive ketones (excluding diaryl/α,β-unsaturated/α-hetero) is 1. The van der Waals surface area contributed by atoms with Crippen molar-refractivity contribution in [3.63, 3.8) is 0 Å². The second kappa shape index (κ2) is 8.05. The van der Waals surface area contributed by atoms with Gasteiger partial charge in [0.1, 0.15) is 5.82 Å². The van der Waals surface area contributed by atoms with Gasteiger partial charge >= 0.3 is 5.97 Å². The largest absolute Gasteiger partial charge is 0.463 e. The highest BCUT2D eigenvalue weighted by Gasteiger charge is 2.43. The second-order valence-corrected chi connectivity index (χ2v) is 8.33. The molecule has 0 saturated heterocycles. The first-order chi connectivity index (χ1) is 14.0. The zero-order chi connectivity index (χ0) is 20.5. The Morgan fingerprint density at radius 3 is 2.69 bits per heavy atom. The van der Waals surface area contributed by atoms with Gasteiger partial charge in [0, 0.05) is 33.3 Å². The first kappa shape index (κ1) is 19.7. The molecule has 0 radical (unpaired) electrons. The number of anilines is 1. The predicted molar refractivity (Wildman–Crippen MR) is 115 cm³/mol. The van der Waals surface area contributed by atoms with Gasteiger partial charge in [0.25, 0.3) is 0 Å². The zero-order valence-corrected chi connectivity index (χ0v) is 17.6. The third-order valence-corrected chi connectivity index (χ3v) is 6.39. The smallest absolute Gasteiger partial charge is 0.338 e. The van der Waals surface area contributed by atoms with E-state index in [1.165, 1.54) is 11.3 Å². The van der Waals surface area contributed by atoms with Crippen molar-refractivity contribution in [1.29, 1.82) is 0 Å². The van der Waals surface area contributed by atoms with Crippen LogP contribution in [-0.4, -0.2) is 18.4 Å². The number of ketones is 1. The van der Waals surface area contributed by atoms with E-state index < -0.39 is 11.9 Å². The minimum atomic E-state index is -0.500. The van der Waals surface area contributed by atoms with Crippen molar-refractivity contribution in [3.8, 4) is 0 Å². The Hall–Kier alpha value is -2.57. The molecule has 2 N–H and O–H groups in total. The molecule has 0 fully saturated rings. The summed E-state index contributed by atoms with van der Waals surface area (Å²) in [5, 5.41) is 2.54. The monoisotopic (exact) mass is 428 g/mol. The van der Waals surface area contributed by atoms with Crippen molar-refractivity contribution in [1.82, 2.24) is 0 Å². The van der Waals surface area contributed by atoms with Crippen LogP contribution in [-0.2, 0) is 14.3 Å². The molecule has 7 heteroatoms. The maximum Gasteiger partial charge on any atom is 0.338 e. The fraction of sp³-hybridized carbons (Fsp3) is 0.273. The number of benzene rings is 1. The lowest BCUT2D eigenvalue weighted by Crippen LogP contribution is -2.40. The Morgan fingerprint density at radius 1 is 1.28 bits per heavy atom. The summed E-state index contributed by atoms with van der Waals surface area (Å²) in [5.41, 5.74) is 9.19. The van der Waals surface area contributed by atoms with Crippen molar-refractivity contribution in [3.05, 3.63) is 74.3 Å². The van der Waals surface area contributed by atoms with Gasteiger partial charge in [-0.15, -0.1) is 11.3 Å². The molecule has 2 aromatic rings. The first-order valence-corrected chi connectivity index (χ1v) is 10.8. The van der Waals surface area contributed by atoms with Crippen LogP contribution in [0.1, 0.15) is 37.0 Å². The highest BCUT2D eigenvalue weighted by atomic mass is 35.5. The second-order valence-electron chi connectivity index (χ2n) is 6.92. The molecule has 2 heterocycles. The van der Waals surface area contributed by atoms with Gasteiger partial charge in [-0.1, -0.05) is 17.7 Å². The maximum atomic E-state index is 13.1. The summed E-state index contributed by atoms with van der Waals surface area (Å²) in [6, 6.07) is 11.1. The van der Waals surface area contributed by atoms with Crippen LogP contribution in [0.5, 0.6) is 0 Å². The first-order valence-electron chi connectivity index (χ1n) is 9.55. The number of esters is 1. The molecule has 0 bridgehead atoms. The number of ether oxygens (including phenoxy) is 1. The van der Waals surface area contributed by atoms with E-state index in [2.05, 4.69) is 0 Å². The minimum absolute atomic E-state index is 0.0536. The van der Waals surface area contributed by atoms with E-state index in [4.69, 9.17) is 22.1 Å². The summed E-state index contributed by atoms with van der Waals surface area (Å²) in [5.74, 6) is -0.636. The third-order valence-electron chi connectivity index (χ3n) is 5.20. The zero-order valence-electron chi connectivity index (χ0n) is 16.0. The number of thiophene rings is 1. The van der Waals surface area contributed by atoms with E-state index in [-0.39, 0.29) is 12.4 Å². The van der Waals surface area contributed by atoms with Crippen LogP contribution >= 0.6 is 22.9 Å². The van der Waals surface area contributed by atoms with E-state index in [9.17, 15) is 9.59 Å². The van der Waals surface area contributed by atoms with Crippen molar-refractivity contribution >= 4 is 40.4 Å². The molecule has 5 nitrogen and oxygen atoms in total. The lowest BCUT2D eigenvalue weighted by molar-refractivity contribution is -0.138. The van der Waals surface area contributed by atoms with Gasteiger partial charge in [0.05, 0.1) is 18.1 Å². The summed E-state index contributed by atoms with van der Waals surface area (Å²) in [7, 11) is 0. The number of hydrogen-bond donors (Lipinski definition) is 1. The van der Waals surface area contributed by atoms with Gasteiger partial charge < -0.3 is 10.5 Å². The van der Waals surface area contributed by atoms with E-state index in [0.29, 0.717) is 34.8 Å². The fourth-order valence-electron chi connectivity index (χ4n) is 4.02. The summed E-state index contributed by atoms with van der Waals surface area (Å²) >= 11 is 7.57. The van der Waals surface area contributed by atoms with Crippen molar-refractivity contribution in [2.24, 2.45) is 5.73 Å². The van der Waals surface area contributed by atoms with Crippen molar-refractivity contribution in [2.75, 3.05) is 11.5 Å². The molecule has 4 rings (SSSR count). The Balaban J connectivity index is 1.97. The molecule has 150 valence electrons. The lowest BCUT2D eigenvalue weighted by atomic mass is 9.77. The Morgan fingerprint density at radius 2 is 2.03 bits per heavy atom. The Labute approximate surface area is 178 Å². The van der Waals surface area contributed by atoms with Gasteiger partial charge in [0.15, 0.2) is 5.78 Å². The number of carbonyl (C=O) groups is 2. The number of nitrogens with zero attached hydrogens (tertiary/aromatic N) is 1. The maximum absolute atomic E-state index is 13.1. The lowest BCUT2D eigenvalue weighted by Gasteiger charge is -2.40. The Bertz CT molecular complexity index is 1010. The summed E-state index contributed by atoms with van der Waals surface area (Å²) in [6.45, 7) is 1.98. The minimum Gasteiger partial charge on any atom is -0.463 e. The number of rotatable bonds is 4. The average Bonchev–Trinajstić information content (AvgIpc) is 3.23. The number of allylic oxidation sites excluding steroid dienone is 2. The molecule has 1 aromatic heterocycles. The van der Waals surface area contributed by atoms with Gasteiger partial charge in [-0.2, -0.15) is 0 Å². The van der Waals surface area contributed by atoms with Gasteiger partial charge in [-0.25, -0.2) is 4.79 Å². The summed E-state index contributed by atoms with van der Waals surface area (Å²) in [6.07, 6.45) is 1.93. The van der Waals surface area contributed by atoms with Gasteiger partial charge in [-0.3, -0.25) is 9.69 Å². The Kier molecular flexibility index (Phi) is 5.48. The fourth-order valence-corrected chi connectivity index (χ4v) is 4.99. The van der Waals surface area contributed by atoms with Gasteiger partial charge in [-0.05, 0) is 55.5 Å². The molecule has 0 amide bonds. The van der Waals surface area contributed by atoms with Crippen LogP contribution in [0.15, 0.2) is 64.4 Å². The standard InChI is InChI=1S/C22H21ClN2O3S/c1-2-28-22(27)20-19(17-7-4-12-29-17)18-15(5-3-6-16(18)26)25(21(20)24)14-10-8-13(23)9-11-14/h4,7-12,19H,2-3,5-6,24H2,1H3/t19-/m1/s1. The van der Waals surface area contributed by atoms with Crippen molar-refractivity contribution < 1.29 is 14.3 Å².